The molecule has 5 heterocycles. The molecule has 4 aromatic rings. The van der Waals surface area contributed by atoms with E-state index >= 15 is 8.42 Å². The number of nitrogens with one attached hydrogen (secondary N) is 1. The van der Waals surface area contributed by atoms with Crippen molar-refractivity contribution in [2.45, 2.75) is 87.1 Å². The lowest BCUT2D eigenvalue weighted by Crippen LogP contribution is -2.53. The van der Waals surface area contributed by atoms with Crippen LogP contribution in [-0.2, 0) is 38.1 Å². The average molecular weight is 828 g/mol. The zero-order valence-electron chi connectivity index (χ0n) is 33.1. The highest BCUT2D eigenvalue weighted by molar-refractivity contribution is 7.91. The van der Waals surface area contributed by atoms with Crippen LogP contribution in [0.4, 0.5) is 0 Å². The maximum Gasteiger partial charge on any atom is 0.304 e. The molecule has 0 bridgehead atoms. The fourth-order valence-electron chi connectivity index (χ4n) is 11.2. The number of piperidine rings is 1. The van der Waals surface area contributed by atoms with Gasteiger partial charge in [0.1, 0.15) is 10.5 Å². The molecule has 4 atom stereocenters. The second-order valence-corrected chi connectivity index (χ2v) is 21.3. The standard InChI is InChI=1S/C44H53N5O7S2/c1-55-34-15-17-35-37(24-34)38-25-44(38,57(51,52)49-18-8-13-33-27-46(28-40(33)49)26-30-9-4-2-5-10-30)29-48-39-23-32(43(50)45-58(53,54)47-19-21-56-22-20-47)14-16-36(39)41(42(35)48)31-11-6-3-7-12-31/h2,4-5,9-10,14-17,23-24,31,33,38,40H,3,6-8,11-13,18-22,25-29H2,1H3,(H,45,50)/t33-,38?,40?,44?/m0/s1. The van der Waals surface area contributed by atoms with Crippen LogP contribution in [0.5, 0.6) is 5.75 Å². The summed E-state index contributed by atoms with van der Waals surface area (Å²) in [5.41, 5.74) is 6.46. The third-order valence-electron chi connectivity index (χ3n) is 14.1. The Morgan fingerprint density at radius 1 is 0.897 bits per heavy atom. The van der Waals surface area contributed by atoms with E-state index in [0.29, 0.717) is 25.3 Å². The van der Waals surface area contributed by atoms with E-state index in [1.165, 1.54) is 21.9 Å². The first kappa shape index (κ1) is 38.4. The zero-order chi connectivity index (χ0) is 39.8. The van der Waals surface area contributed by atoms with Gasteiger partial charge in [0.05, 0.1) is 26.0 Å². The number of morpholine rings is 1. The summed E-state index contributed by atoms with van der Waals surface area (Å²) in [7, 11) is -6.30. The predicted octanol–water partition coefficient (Wildman–Crippen LogP) is 5.84. The number of ether oxygens (including phenoxy) is 2. The van der Waals surface area contributed by atoms with Gasteiger partial charge < -0.3 is 14.0 Å². The number of benzene rings is 3. The van der Waals surface area contributed by atoms with Gasteiger partial charge in [-0.1, -0.05) is 55.7 Å². The van der Waals surface area contributed by atoms with E-state index in [0.717, 1.165) is 79.3 Å². The summed E-state index contributed by atoms with van der Waals surface area (Å²) < 4.78 is 75.6. The van der Waals surface area contributed by atoms with Crippen molar-refractivity contribution in [3.8, 4) is 17.0 Å². The SMILES string of the molecule is COc1ccc2c(c1)C1CC1(S(=O)(=O)N1CCC[C@H]3CN(Cc4ccccc4)CC31)Cn1c-2c(C2CCCCC2)c2ccc(C(=O)NS(=O)(=O)N3CCOCC3)cc21. The lowest BCUT2D eigenvalue weighted by molar-refractivity contribution is 0.0719. The minimum Gasteiger partial charge on any atom is -0.497 e. The third kappa shape index (κ3) is 6.40. The Morgan fingerprint density at radius 3 is 2.47 bits per heavy atom. The molecular formula is C44H53N5O7S2. The van der Waals surface area contributed by atoms with E-state index < -0.39 is 30.9 Å². The van der Waals surface area contributed by atoms with Gasteiger partial charge in [0.2, 0.25) is 10.0 Å². The maximum atomic E-state index is 15.7. The van der Waals surface area contributed by atoms with Crippen LogP contribution in [0.1, 0.15) is 90.3 Å². The van der Waals surface area contributed by atoms with Crippen LogP contribution in [0.3, 0.4) is 0 Å². The lowest BCUT2D eigenvalue weighted by atomic mass is 9.81. The van der Waals surface area contributed by atoms with Crippen LogP contribution >= 0.6 is 0 Å². The molecule has 12 nitrogen and oxygen atoms in total. The van der Waals surface area contributed by atoms with Gasteiger partial charge in [0.25, 0.3) is 5.91 Å². The smallest absolute Gasteiger partial charge is 0.304 e. The second kappa shape index (κ2) is 14.7. The number of fused-ring (bicyclic) bond motifs is 8. The van der Waals surface area contributed by atoms with Crippen molar-refractivity contribution < 1.29 is 31.1 Å². The Hall–Kier alpha value is -3.79. The summed E-state index contributed by atoms with van der Waals surface area (Å²) in [5, 5.41) is 0.994. The number of hydrogen-bond acceptors (Lipinski definition) is 8. The van der Waals surface area contributed by atoms with E-state index in [9.17, 15) is 13.2 Å². The minimum atomic E-state index is -4.09. The van der Waals surface area contributed by atoms with Crippen molar-refractivity contribution in [1.29, 1.82) is 0 Å². The van der Waals surface area contributed by atoms with Crippen molar-refractivity contribution in [1.82, 2.24) is 22.8 Å². The van der Waals surface area contributed by atoms with Crippen LogP contribution in [0.2, 0.25) is 0 Å². The highest BCUT2D eigenvalue weighted by atomic mass is 32.2. The molecule has 14 heteroatoms. The molecule has 1 N–H and O–H groups in total. The van der Waals surface area contributed by atoms with Gasteiger partial charge in [0.15, 0.2) is 0 Å². The van der Waals surface area contributed by atoms with Crippen LogP contribution in [0.15, 0.2) is 66.7 Å². The molecule has 4 aliphatic heterocycles. The average Bonchev–Trinajstić information content (AvgIpc) is 3.75. The number of nitrogens with zero attached hydrogens (tertiary/aromatic N) is 4. The molecule has 58 heavy (non-hydrogen) atoms. The number of likely N-dealkylation sites (tertiary alicyclic amines) is 1. The Labute approximate surface area is 341 Å². The molecule has 1 amide bonds. The van der Waals surface area contributed by atoms with Gasteiger partial charge in [-0.05, 0) is 91.0 Å². The third-order valence-corrected chi connectivity index (χ3v) is 18.3. The van der Waals surface area contributed by atoms with Crippen molar-refractivity contribution in [2.24, 2.45) is 5.92 Å². The number of methoxy groups -OCH3 is 1. The van der Waals surface area contributed by atoms with Gasteiger partial charge in [-0.15, -0.1) is 0 Å². The second-order valence-electron chi connectivity index (χ2n) is 17.4. The summed E-state index contributed by atoms with van der Waals surface area (Å²) in [5.74, 6) is 0.294. The fraction of sp³-hybridized carbons (Fsp3) is 0.523. The lowest BCUT2D eigenvalue weighted by Gasteiger charge is -2.38. The molecular weight excluding hydrogens is 775 g/mol. The van der Waals surface area contributed by atoms with E-state index in [1.807, 2.05) is 22.5 Å². The van der Waals surface area contributed by atoms with Gasteiger partial charge in [0, 0.05) is 79.8 Å². The molecule has 6 aliphatic rings. The number of rotatable bonds is 9. The van der Waals surface area contributed by atoms with Crippen molar-refractivity contribution in [3.05, 3.63) is 89.0 Å². The Bertz CT molecular complexity index is 2460. The summed E-state index contributed by atoms with van der Waals surface area (Å²) in [6.07, 6.45) is 7.82. The topological polar surface area (TPSA) is 130 Å². The van der Waals surface area contributed by atoms with Crippen LogP contribution < -0.4 is 9.46 Å². The largest absolute Gasteiger partial charge is 0.497 e. The molecule has 3 aromatic carbocycles. The number of carbonyl (C=O) groups is 1. The molecule has 308 valence electrons. The van der Waals surface area contributed by atoms with Crippen molar-refractivity contribution in [3.63, 3.8) is 0 Å². The van der Waals surface area contributed by atoms with E-state index in [2.05, 4.69) is 50.6 Å². The Balaban J connectivity index is 1.08. The number of sulfonamides is 1. The molecule has 3 saturated heterocycles. The summed E-state index contributed by atoms with van der Waals surface area (Å²) in [6.45, 7) is 4.02. The first-order valence-electron chi connectivity index (χ1n) is 21.1. The molecule has 2 saturated carbocycles. The summed E-state index contributed by atoms with van der Waals surface area (Å²) in [6, 6.07) is 21.9. The maximum absolute atomic E-state index is 15.7. The number of amides is 1. The first-order valence-corrected chi connectivity index (χ1v) is 24.0. The van der Waals surface area contributed by atoms with Crippen LogP contribution in [0, 0.1) is 5.92 Å². The van der Waals surface area contributed by atoms with E-state index in [-0.39, 0.29) is 62.2 Å². The number of aromatic nitrogens is 1. The molecule has 2 aliphatic carbocycles. The highest BCUT2D eigenvalue weighted by Crippen LogP contribution is 2.64. The molecule has 5 fully saturated rings. The van der Waals surface area contributed by atoms with Gasteiger partial charge >= 0.3 is 10.2 Å². The summed E-state index contributed by atoms with van der Waals surface area (Å²) in [4.78, 5) is 16.3. The van der Waals surface area contributed by atoms with Crippen molar-refractivity contribution in [2.75, 3.05) is 53.0 Å². The van der Waals surface area contributed by atoms with Crippen LogP contribution in [0.25, 0.3) is 22.2 Å². The molecule has 1 aromatic heterocycles. The van der Waals surface area contributed by atoms with Gasteiger partial charge in [-0.2, -0.15) is 17.0 Å². The number of carbonyl (C=O) groups excluding carboxylic acids is 1. The minimum absolute atomic E-state index is 0.0893. The van der Waals surface area contributed by atoms with Crippen molar-refractivity contribution >= 4 is 37.0 Å². The molecule has 0 spiro atoms. The summed E-state index contributed by atoms with van der Waals surface area (Å²) >= 11 is 0. The molecule has 0 radical (unpaired) electrons. The Morgan fingerprint density at radius 2 is 1.69 bits per heavy atom. The monoisotopic (exact) mass is 827 g/mol. The Kier molecular flexibility index (Phi) is 9.76. The predicted molar refractivity (Wildman–Crippen MR) is 222 cm³/mol. The van der Waals surface area contributed by atoms with Gasteiger partial charge in [-0.3, -0.25) is 9.69 Å². The first-order chi connectivity index (χ1) is 28.1. The van der Waals surface area contributed by atoms with Crippen LogP contribution in [-0.4, -0.2) is 105 Å². The number of hydrogen-bond donors (Lipinski definition) is 1. The van der Waals surface area contributed by atoms with Gasteiger partial charge in [-0.25, -0.2) is 13.1 Å². The molecule has 10 rings (SSSR count). The molecule has 3 unspecified atom stereocenters. The fourth-order valence-corrected chi connectivity index (χ4v) is 14.9. The highest BCUT2D eigenvalue weighted by Gasteiger charge is 2.68. The van der Waals surface area contributed by atoms with E-state index in [1.54, 1.807) is 19.2 Å². The quantitative estimate of drug-likeness (QED) is 0.223. The normalized spacial score (nSPS) is 26.9. The van der Waals surface area contributed by atoms with E-state index in [4.69, 9.17) is 9.47 Å². The zero-order valence-corrected chi connectivity index (χ0v) is 34.8.